The van der Waals surface area contributed by atoms with Gasteiger partial charge in [0, 0.05) is 23.8 Å². The standard InChI is InChI=1S/C26H32N4O2/c1-19(2)30(15-7-4-8-16-30)26(32)28-18-24(20-9-5-3-6-10-20)29-25(31)22-12-11-21-13-14-27-23(21)17-22/h3,5-6,9-14,17,19,24H,4,7-8,15-16,18H2,1-2H3,(H2-,27,28,29,31,32)/p+1/t24-/m0/s1. The molecule has 3 aromatic rings. The number of carbonyl (C=O) groups is 2. The van der Waals surface area contributed by atoms with Crippen LogP contribution in [0, 0.1) is 0 Å². The van der Waals surface area contributed by atoms with Crippen LogP contribution in [0.3, 0.4) is 0 Å². The van der Waals surface area contributed by atoms with Crippen LogP contribution in [0.15, 0.2) is 60.8 Å². The van der Waals surface area contributed by atoms with E-state index in [1.807, 2.05) is 60.8 Å². The fourth-order valence-corrected chi connectivity index (χ4v) is 4.75. The number of aromatic nitrogens is 1. The minimum atomic E-state index is -0.316. The SMILES string of the molecule is CC(C)[N+]1(C(=O)NC[C@H](NC(=O)c2ccc3cc[nH]c3c2)c2ccccc2)CCCCC1. The van der Waals surface area contributed by atoms with Gasteiger partial charge in [-0.1, -0.05) is 36.4 Å². The molecule has 0 bridgehead atoms. The van der Waals surface area contributed by atoms with Gasteiger partial charge in [0.2, 0.25) is 0 Å². The Morgan fingerprint density at radius 1 is 1.00 bits per heavy atom. The molecule has 32 heavy (non-hydrogen) atoms. The second kappa shape index (κ2) is 9.57. The third-order valence-electron chi connectivity index (χ3n) is 6.79. The molecule has 0 spiro atoms. The molecule has 0 aliphatic carbocycles. The molecular formula is C26H33N4O2+. The number of nitrogens with zero attached hydrogens (tertiary/aromatic N) is 1. The quantitative estimate of drug-likeness (QED) is 0.491. The molecule has 2 heterocycles. The summed E-state index contributed by atoms with van der Waals surface area (Å²) in [4.78, 5) is 29.5. The third-order valence-corrected chi connectivity index (χ3v) is 6.79. The number of H-pyrrole nitrogens is 1. The van der Waals surface area contributed by atoms with Crippen molar-refractivity contribution in [2.45, 2.75) is 45.2 Å². The van der Waals surface area contributed by atoms with E-state index in [9.17, 15) is 9.59 Å². The minimum Gasteiger partial charge on any atom is -0.361 e. The Balaban J connectivity index is 1.50. The lowest BCUT2D eigenvalue weighted by Crippen LogP contribution is -2.63. The smallest absolute Gasteiger partial charge is 0.361 e. The summed E-state index contributed by atoms with van der Waals surface area (Å²) in [6.07, 6.45) is 5.20. The van der Waals surface area contributed by atoms with E-state index in [0.717, 1.165) is 42.4 Å². The Labute approximate surface area is 189 Å². The molecule has 1 aromatic heterocycles. The summed E-state index contributed by atoms with van der Waals surface area (Å²) in [5.74, 6) is -0.157. The van der Waals surface area contributed by atoms with Crippen LogP contribution in [0.1, 0.15) is 55.1 Å². The lowest BCUT2D eigenvalue weighted by atomic mass is 10.0. The highest BCUT2D eigenvalue weighted by molar-refractivity contribution is 5.98. The normalized spacial score (nSPS) is 16.6. The number of likely N-dealkylation sites (tertiary alicyclic amines) is 1. The van der Waals surface area contributed by atoms with Crippen molar-refractivity contribution in [3.63, 3.8) is 0 Å². The number of benzene rings is 2. The largest absolute Gasteiger partial charge is 0.416 e. The van der Waals surface area contributed by atoms with Crippen molar-refractivity contribution in [1.29, 1.82) is 0 Å². The Kier molecular flexibility index (Phi) is 6.61. The maximum Gasteiger partial charge on any atom is 0.416 e. The number of rotatable bonds is 6. The first-order chi connectivity index (χ1) is 15.5. The Morgan fingerprint density at radius 3 is 2.47 bits per heavy atom. The van der Waals surface area contributed by atoms with Crippen molar-refractivity contribution in [1.82, 2.24) is 15.6 Å². The highest BCUT2D eigenvalue weighted by Crippen LogP contribution is 2.24. The molecule has 1 saturated heterocycles. The minimum absolute atomic E-state index is 0.0580. The first-order valence-electron chi connectivity index (χ1n) is 11.6. The van der Waals surface area contributed by atoms with Crippen LogP contribution in [-0.4, -0.2) is 47.1 Å². The molecule has 4 rings (SSSR count). The molecule has 6 nitrogen and oxygen atoms in total. The fraction of sp³-hybridized carbons (Fsp3) is 0.385. The van der Waals surface area contributed by atoms with Gasteiger partial charge in [-0.25, -0.2) is 9.28 Å². The predicted octanol–water partition coefficient (Wildman–Crippen LogP) is 4.76. The summed E-state index contributed by atoms with van der Waals surface area (Å²) < 4.78 is 0.471. The van der Waals surface area contributed by atoms with Gasteiger partial charge in [0.1, 0.15) is 0 Å². The lowest BCUT2D eigenvalue weighted by molar-refractivity contribution is -0.876. The van der Waals surface area contributed by atoms with Crippen molar-refractivity contribution >= 4 is 22.8 Å². The molecule has 3 amide bonds. The van der Waals surface area contributed by atoms with Gasteiger partial charge < -0.3 is 15.6 Å². The van der Waals surface area contributed by atoms with E-state index in [2.05, 4.69) is 29.5 Å². The zero-order valence-electron chi connectivity index (χ0n) is 18.9. The molecule has 2 aromatic carbocycles. The van der Waals surface area contributed by atoms with E-state index in [-0.39, 0.29) is 24.0 Å². The van der Waals surface area contributed by atoms with Crippen molar-refractivity contribution < 1.29 is 14.1 Å². The summed E-state index contributed by atoms with van der Waals surface area (Å²) >= 11 is 0. The van der Waals surface area contributed by atoms with E-state index < -0.39 is 0 Å². The number of carbonyl (C=O) groups excluding carboxylic acids is 2. The monoisotopic (exact) mass is 433 g/mol. The maximum absolute atomic E-state index is 13.3. The van der Waals surface area contributed by atoms with E-state index in [0.29, 0.717) is 16.6 Å². The summed E-state index contributed by atoms with van der Waals surface area (Å²) in [5.41, 5.74) is 2.49. The summed E-state index contributed by atoms with van der Waals surface area (Å²) in [6, 6.07) is 17.4. The zero-order chi connectivity index (χ0) is 22.6. The molecule has 0 unspecified atom stereocenters. The molecule has 168 valence electrons. The van der Waals surface area contributed by atoms with Crippen molar-refractivity contribution in [3.05, 3.63) is 71.9 Å². The number of urea groups is 1. The molecule has 1 aliphatic heterocycles. The first kappa shape index (κ1) is 22.1. The van der Waals surface area contributed by atoms with Crippen LogP contribution in [0.4, 0.5) is 4.79 Å². The molecule has 1 fully saturated rings. The Hall–Kier alpha value is -3.12. The number of quaternary nitrogens is 1. The Bertz CT molecular complexity index is 1070. The third kappa shape index (κ3) is 4.55. The van der Waals surface area contributed by atoms with Crippen LogP contribution in [-0.2, 0) is 0 Å². The second-order valence-corrected chi connectivity index (χ2v) is 9.04. The number of piperidine rings is 1. The second-order valence-electron chi connectivity index (χ2n) is 9.04. The molecular weight excluding hydrogens is 400 g/mol. The molecule has 0 radical (unpaired) electrons. The van der Waals surface area contributed by atoms with E-state index in [1.165, 1.54) is 6.42 Å². The van der Waals surface area contributed by atoms with Crippen LogP contribution in [0.2, 0.25) is 0 Å². The summed E-state index contributed by atoms with van der Waals surface area (Å²) in [6.45, 7) is 6.35. The van der Waals surface area contributed by atoms with Gasteiger partial charge >= 0.3 is 6.03 Å². The van der Waals surface area contributed by atoms with Crippen LogP contribution >= 0.6 is 0 Å². The number of aromatic amines is 1. The molecule has 6 heteroatoms. The zero-order valence-corrected chi connectivity index (χ0v) is 18.9. The number of hydrogen-bond acceptors (Lipinski definition) is 2. The number of hydrogen-bond donors (Lipinski definition) is 3. The van der Waals surface area contributed by atoms with Gasteiger partial charge in [-0.2, -0.15) is 0 Å². The summed E-state index contributed by atoms with van der Waals surface area (Å²) in [5, 5.41) is 7.37. The van der Waals surface area contributed by atoms with Crippen LogP contribution in [0.25, 0.3) is 10.9 Å². The van der Waals surface area contributed by atoms with Crippen LogP contribution in [0.5, 0.6) is 0 Å². The van der Waals surface area contributed by atoms with E-state index in [4.69, 9.17) is 0 Å². The number of fused-ring (bicyclic) bond motifs is 1. The van der Waals surface area contributed by atoms with Crippen molar-refractivity contribution in [2.24, 2.45) is 0 Å². The Morgan fingerprint density at radius 2 is 1.75 bits per heavy atom. The highest BCUT2D eigenvalue weighted by atomic mass is 16.2. The average molecular weight is 434 g/mol. The predicted molar refractivity (Wildman–Crippen MR) is 127 cm³/mol. The van der Waals surface area contributed by atoms with Gasteiger partial charge in [-0.15, -0.1) is 0 Å². The summed E-state index contributed by atoms with van der Waals surface area (Å²) in [7, 11) is 0. The first-order valence-corrected chi connectivity index (χ1v) is 11.6. The van der Waals surface area contributed by atoms with Gasteiger partial charge in [0.05, 0.1) is 25.2 Å². The highest BCUT2D eigenvalue weighted by Gasteiger charge is 2.41. The maximum atomic E-state index is 13.3. The number of nitrogens with one attached hydrogen (secondary N) is 3. The molecule has 0 saturated carbocycles. The van der Waals surface area contributed by atoms with Crippen LogP contribution < -0.4 is 10.6 Å². The van der Waals surface area contributed by atoms with Crippen molar-refractivity contribution in [3.8, 4) is 0 Å². The number of amides is 3. The average Bonchev–Trinajstić information content (AvgIpc) is 3.30. The van der Waals surface area contributed by atoms with Gasteiger partial charge in [0.15, 0.2) is 0 Å². The lowest BCUT2D eigenvalue weighted by Gasteiger charge is -2.42. The van der Waals surface area contributed by atoms with E-state index >= 15 is 0 Å². The fourth-order valence-electron chi connectivity index (χ4n) is 4.75. The van der Waals surface area contributed by atoms with Gasteiger partial charge in [0.25, 0.3) is 5.91 Å². The topological polar surface area (TPSA) is 74.0 Å². The van der Waals surface area contributed by atoms with Gasteiger partial charge in [-0.3, -0.25) is 4.79 Å². The molecule has 1 atom stereocenters. The van der Waals surface area contributed by atoms with E-state index in [1.54, 1.807) is 0 Å². The van der Waals surface area contributed by atoms with Crippen molar-refractivity contribution in [2.75, 3.05) is 19.6 Å². The van der Waals surface area contributed by atoms with Gasteiger partial charge in [-0.05, 0) is 62.3 Å². The molecule has 3 N–H and O–H groups in total. The molecule has 1 aliphatic rings.